The second-order valence-electron chi connectivity index (χ2n) is 5.66. The summed E-state index contributed by atoms with van der Waals surface area (Å²) in [5, 5.41) is 0.477. The highest BCUT2D eigenvalue weighted by molar-refractivity contribution is 6.29. The van der Waals surface area contributed by atoms with Crippen LogP contribution in [0.5, 0.6) is 0 Å². The Labute approximate surface area is 114 Å². The third-order valence-electron chi connectivity index (χ3n) is 4.43. The first kappa shape index (κ1) is 12.4. The maximum absolute atomic E-state index is 5.76. The van der Waals surface area contributed by atoms with Crippen LogP contribution in [-0.2, 0) is 6.54 Å². The van der Waals surface area contributed by atoms with Crippen molar-refractivity contribution in [2.75, 3.05) is 13.1 Å². The van der Waals surface area contributed by atoms with Crippen LogP contribution in [0.25, 0.3) is 0 Å². The fourth-order valence-corrected chi connectivity index (χ4v) is 3.57. The lowest BCUT2D eigenvalue weighted by Crippen LogP contribution is -2.41. The summed E-state index contributed by atoms with van der Waals surface area (Å²) in [6.07, 6.45) is 10.6. The molecule has 2 unspecified atom stereocenters. The zero-order valence-corrected chi connectivity index (χ0v) is 11.4. The Kier molecular flexibility index (Phi) is 3.80. The number of nitrogens with zero attached hydrogens (tertiary/aromatic N) is 3. The van der Waals surface area contributed by atoms with Gasteiger partial charge < -0.3 is 0 Å². The first-order valence-electron chi connectivity index (χ1n) is 7.00. The molecular formula is C14H20ClN3. The van der Waals surface area contributed by atoms with Crippen LogP contribution in [0.3, 0.4) is 0 Å². The van der Waals surface area contributed by atoms with Gasteiger partial charge in [0.2, 0.25) is 0 Å². The molecule has 1 aliphatic heterocycles. The maximum Gasteiger partial charge on any atom is 0.147 e. The van der Waals surface area contributed by atoms with Crippen molar-refractivity contribution in [3.05, 3.63) is 23.2 Å². The van der Waals surface area contributed by atoms with Crippen molar-refractivity contribution in [2.24, 2.45) is 11.8 Å². The van der Waals surface area contributed by atoms with Crippen LogP contribution in [-0.4, -0.2) is 28.0 Å². The number of hydrogen-bond acceptors (Lipinski definition) is 3. The van der Waals surface area contributed by atoms with E-state index in [1.165, 1.54) is 45.2 Å². The average molecular weight is 266 g/mol. The number of aromatic nitrogens is 2. The first-order chi connectivity index (χ1) is 8.81. The molecule has 0 spiro atoms. The van der Waals surface area contributed by atoms with Crippen LogP contribution >= 0.6 is 11.6 Å². The minimum absolute atomic E-state index is 0.477. The summed E-state index contributed by atoms with van der Waals surface area (Å²) in [5.41, 5.74) is 1.04. The molecule has 1 aliphatic carbocycles. The van der Waals surface area contributed by atoms with E-state index in [1.54, 1.807) is 12.4 Å². The molecule has 98 valence electrons. The van der Waals surface area contributed by atoms with Gasteiger partial charge in [-0.2, -0.15) is 0 Å². The molecular weight excluding hydrogens is 246 g/mol. The number of hydrogen-bond donors (Lipinski definition) is 0. The average Bonchev–Trinajstić information content (AvgIpc) is 2.41. The largest absolute Gasteiger partial charge is 0.297 e. The molecule has 1 aromatic heterocycles. The quantitative estimate of drug-likeness (QED) is 0.823. The van der Waals surface area contributed by atoms with Crippen LogP contribution in [0.4, 0.5) is 0 Å². The highest BCUT2D eigenvalue weighted by Crippen LogP contribution is 2.36. The molecule has 0 aromatic carbocycles. The first-order valence-corrected chi connectivity index (χ1v) is 7.38. The standard InChI is InChI=1S/C14H20ClN3/c15-14-8-16-13(7-17-14)10-18-6-5-11-3-1-2-4-12(11)9-18/h7-8,11-12H,1-6,9-10H2. The molecule has 2 aliphatic rings. The van der Waals surface area contributed by atoms with Gasteiger partial charge >= 0.3 is 0 Å². The molecule has 1 saturated carbocycles. The predicted octanol–water partition coefficient (Wildman–Crippen LogP) is 3.14. The Morgan fingerprint density at radius 2 is 1.94 bits per heavy atom. The molecule has 2 fully saturated rings. The second-order valence-corrected chi connectivity index (χ2v) is 6.05. The van der Waals surface area contributed by atoms with Gasteiger partial charge in [0.05, 0.1) is 18.1 Å². The molecule has 18 heavy (non-hydrogen) atoms. The van der Waals surface area contributed by atoms with E-state index in [0.29, 0.717) is 5.15 Å². The lowest BCUT2D eigenvalue weighted by molar-refractivity contribution is 0.0811. The van der Waals surface area contributed by atoms with E-state index < -0.39 is 0 Å². The summed E-state index contributed by atoms with van der Waals surface area (Å²) in [5.74, 6) is 1.92. The number of likely N-dealkylation sites (tertiary alicyclic amines) is 1. The van der Waals surface area contributed by atoms with Gasteiger partial charge in [0, 0.05) is 13.1 Å². The van der Waals surface area contributed by atoms with Crippen LogP contribution in [0, 0.1) is 11.8 Å². The number of fused-ring (bicyclic) bond motifs is 1. The van der Waals surface area contributed by atoms with Gasteiger partial charge in [-0.25, -0.2) is 4.98 Å². The van der Waals surface area contributed by atoms with E-state index in [-0.39, 0.29) is 0 Å². The summed E-state index contributed by atoms with van der Waals surface area (Å²) < 4.78 is 0. The zero-order valence-electron chi connectivity index (χ0n) is 10.7. The Balaban J connectivity index is 1.59. The lowest BCUT2D eigenvalue weighted by Gasteiger charge is -2.41. The molecule has 0 bridgehead atoms. The van der Waals surface area contributed by atoms with E-state index in [1.807, 2.05) is 0 Å². The molecule has 2 heterocycles. The number of rotatable bonds is 2. The summed E-state index contributed by atoms with van der Waals surface area (Å²) >= 11 is 5.76. The summed E-state index contributed by atoms with van der Waals surface area (Å²) in [6, 6.07) is 0. The highest BCUT2D eigenvalue weighted by Gasteiger charge is 2.30. The lowest BCUT2D eigenvalue weighted by atomic mass is 9.75. The Bertz CT molecular complexity index is 393. The molecule has 2 atom stereocenters. The minimum Gasteiger partial charge on any atom is -0.297 e. The molecule has 3 rings (SSSR count). The van der Waals surface area contributed by atoms with E-state index >= 15 is 0 Å². The SMILES string of the molecule is Clc1cnc(CN2CCC3CCCCC3C2)cn1. The molecule has 1 saturated heterocycles. The van der Waals surface area contributed by atoms with Gasteiger partial charge in [0.25, 0.3) is 0 Å². The topological polar surface area (TPSA) is 29.0 Å². The van der Waals surface area contributed by atoms with Gasteiger partial charge in [-0.15, -0.1) is 0 Å². The van der Waals surface area contributed by atoms with Crippen LogP contribution in [0.1, 0.15) is 37.8 Å². The molecule has 0 N–H and O–H groups in total. The van der Waals surface area contributed by atoms with E-state index in [9.17, 15) is 0 Å². The Morgan fingerprint density at radius 3 is 2.72 bits per heavy atom. The Morgan fingerprint density at radius 1 is 1.11 bits per heavy atom. The van der Waals surface area contributed by atoms with Gasteiger partial charge in [-0.1, -0.05) is 30.9 Å². The molecule has 0 radical (unpaired) electrons. The van der Waals surface area contributed by atoms with Crippen LogP contribution in [0.2, 0.25) is 5.15 Å². The van der Waals surface area contributed by atoms with Gasteiger partial charge in [-0.05, 0) is 31.2 Å². The van der Waals surface area contributed by atoms with E-state index in [2.05, 4.69) is 14.9 Å². The maximum atomic E-state index is 5.76. The third-order valence-corrected chi connectivity index (χ3v) is 4.63. The molecule has 4 heteroatoms. The fourth-order valence-electron chi connectivity index (χ4n) is 3.47. The van der Waals surface area contributed by atoms with Crippen molar-refractivity contribution in [3.8, 4) is 0 Å². The number of piperidine rings is 1. The zero-order chi connectivity index (χ0) is 12.4. The van der Waals surface area contributed by atoms with E-state index in [4.69, 9.17) is 11.6 Å². The van der Waals surface area contributed by atoms with Gasteiger partial charge in [0.15, 0.2) is 0 Å². The van der Waals surface area contributed by atoms with Gasteiger partial charge in [-0.3, -0.25) is 9.88 Å². The minimum atomic E-state index is 0.477. The van der Waals surface area contributed by atoms with Crippen molar-refractivity contribution >= 4 is 11.6 Å². The summed E-state index contributed by atoms with van der Waals surface area (Å²) in [4.78, 5) is 11.0. The third kappa shape index (κ3) is 2.83. The molecule has 1 aromatic rings. The monoisotopic (exact) mass is 265 g/mol. The van der Waals surface area contributed by atoms with Crippen molar-refractivity contribution in [1.82, 2.24) is 14.9 Å². The second kappa shape index (κ2) is 5.54. The van der Waals surface area contributed by atoms with Crippen molar-refractivity contribution in [1.29, 1.82) is 0 Å². The Hall–Kier alpha value is -0.670. The van der Waals surface area contributed by atoms with Crippen molar-refractivity contribution < 1.29 is 0 Å². The summed E-state index contributed by atoms with van der Waals surface area (Å²) in [7, 11) is 0. The highest BCUT2D eigenvalue weighted by atomic mass is 35.5. The van der Waals surface area contributed by atoms with E-state index in [0.717, 1.165) is 24.1 Å². The predicted molar refractivity (Wildman–Crippen MR) is 72.4 cm³/mol. The van der Waals surface area contributed by atoms with Crippen LogP contribution in [0.15, 0.2) is 12.4 Å². The van der Waals surface area contributed by atoms with Crippen molar-refractivity contribution in [2.45, 2.75) is 38.6 Å². The normalized spacial score (nSPS) is 28.9. The molecule has 3 nitrogen and oxygen atoms in total. The number of halogens is 1. The van der Waals surface area contributed by atoms with Gasteiger partial charge in [0.1, 0.15) is 5.15 Å². The summed E-state index contributed by atoms with van der Waals surface area (Å²) in [6.45, 7) is 3.38. The fraction of sp³-hybridized carbons (Fsp3) is 0.714. The molecule has 0 amide bonds. The van der Waals surface area contributed by atoms with Crippen LogP contribution < -0.4 is 0 Å². The van der Waals surface area contributed by atoms with Crippen molar-refractivity contribution in [3.63, 3.8) is 0 Å². The smallest absolute Gasteiger partial charge is 0.147 e.